The van der Waals surface area contributed by atoms with Crippen molar-refractivity contribution in [2.45, 2.75) is 32.2 Å². The molecular formula is C15H20N2OS. The first-order valence-electron chi connectivity index (χ1n) is 6.44. The fourth-order valence-corrected chi connectivity index (χ4v) is 2.86. The molecule has 0 bridgehead atoms. The summed E-state index contributed by atoms with van der Waals surface area (Å²) in [4.78, 5) is 4.62. The average Bonchev–Trinajstić information content (AvgIpc) is 2.87. The zero-order valence-electron chi connectivity index (χ0n) is 11.6. The first kappa shape index (κ1) is 14.0. The van der Waals surface area contributed by atoms with Crippen LogP contribution in [0.1, 0.15) is 42.1 Å². The molecular weight excluding hydrogens is 256 g/mol. The Morgan fingerprint density at radius 1 is 1.26 bits per heavy atom. The summed E-state index contributed by atoms with van der Waals surface area (Å²) in [6.45, 7) is 4.31. The van der Waals surface area contributed by atoms with E-state index in [-0.39, 0.29) is 6.04 Å². The van der Waals surface area contributed by atoms with Crippen LogP contribution in [-0.2, 0) is 6.42 Å². The van der Waals surface area contributed by atoms with E-state index < -0.39 is 0 Å². The number of nitrogens with zero attached hydrogens (tertiary/aromatic N) is 1. The van der Waals surface area contributed by atoms with Crippen molar-refractivity contribution in [1.82, 2.24) is 4.98 Å². The molecule has 1 atom stereocenters. The predicted octanol–water partition coefficient (Wildman–Crippen LogP) is 3.52. The maximum absolute atomic E-state index is 6.23. The summed E-state index contributed by atoms with van der Waals surface area (Å²) < 4.78 is 5.15. The van der Waals surface area contributed by atoms with Gasteiger partial charge < -0.3 is 10.5 Å². The molecule has 1 heterocycles. The maximum Gasteiger partial charge on any atom is 0.118 e. The molecule has 0 spiro atoms. The molecule has 1 aromatic heterocycles. The number of benzene rings is 1. The lowest BCUT2D eigenvalue weighted by atomic mass is 10.0. The van der Waals surface area contributed by atoms with E-state index in [0.29, 0.717) is 5.92 Å². The third kappa shape index (κ3) is 3.55. The molecule has 0 aliphatic heterocycles. The summed E-state index contributed by atoms with van der Waals surface area (Å²) in [7, 11) is 1.66. The molecule has 0 fully saturated rings. The van der Waals surface area contributed by atoms with Gasteiger partial charge in [-0.2, -0.15) is 0 Å². The van der Waals surface area contributed by atoms with Crippen molar-refractivity contribution in [3.8, 4) is 5.75 Å². The van der Waals surface area contributed by atoms with Crippen LogP contribution in [0, 0.1) is 0 Å². The molecule has 1 unspecified atom stereocenters. The highest BCUT2D eigenvalue weighted by Crippen LogP contribution is 2.23. The Balaban J connectivity index is 2.04. The Kier molecular flexibility index (Phi) is 4.56. The van der Waals surface area contributed by atoms with Crippen molar-refractivity contribution in [3.63, 3.8) is 0 Å². The van der Waals surface area contributed by atoms with Gasteiger partial charge in [-0.25, -0.2) is 4.98 Å². The van der Waals surface area contributed by atoms with Crippen LogP contribution in [0.15, 0.2) is 29.6 Å². The van der Waals surface area contributed by atoms with E-state index in [1.807, 2.05) is 24.3 Å². The third-order valence-corrected chi connectivity index (χ3v) is 3.99. The lowest BCUT2D eigenvalue weighted by molar-refractivity contribution is 0.414. The highest BCUT2D eigenvalue weighted by Gasteiger charge is 2.11. The van der Waals surface area contributed by atoms with Crippen molar-refractivity contribution < 1.29 is 4.74 Å². The quantitative estimate of drug-likeness (QED) is 0.909. The Morgan fingerprint density at radius 2 is 1.95 bits per heavy atom. The highest BCUT2D eigenvalue weighted by molar-refractivity contribution is 7.09. The normalized spacial score (nSPS) is 12.7. The minimum absolute atomic E-state index is 0.0166. The number of thiazole rings is 1. The number of ether oxygens (including phenoxy) is 1. The van der Waals surface area contributed by atoms with Crippen LogP contribution in [0.25, 0.3) is 0 Å². The molecule has 19 heavy (non-hydrogen) atoms. The molecule has 0 saturated carbocycles. The molecule has 0 aliphatic carbocycles. The average molecular weight is 276 g/mol. The van der Waals surface area contributed by atoms with E-state index in [2.05, 4.69) is 24.2 Å². The third-order valence-electron chi connectivity index (χ3n) is 3.10. The molecule has 1 aromatic carbocycles. The van der Waals surface area contributed by atoms with Gasteiger partial charge in [0.2, 0.25) is 0 Å². The molecule has 2 aromatic rings. The van der Waals surface area contributed by atoms with E-state index in [9.17, 15) is 0 Å². The van der Waals surface area contributed by atoms with Gasteiger partial charge in [-0.15, -0.1) is 11.3 Å². The van der Waals surface area contributed by atoms with Crippen LogP contribution >= 0.6 is 11.3 Å². The lowest BCUT2D eigenvalue weighted by Gasteiger charge is -2.11. The number of hydrogen-bond donors (Lipinski definition) is 1. The van der Waals surface area contributed by atoms with Gasteiger partial charge >= 0.3 is 0 Å². The Morgan fingerprint density at radius 3 is 2.47 bits per heavy atom. The summed E-state index contributed by atoms with van der Waals surface area (Å²) >= 11 is 1.69. The number of nitrogens with two attached hydrogens (primary N) is 1. The van der Waals surface area contributed by atoms with E-state index in [4.69, 9.17) is 10.5 Å². The van der Waals surface area contributed by atoms with Crippen molar-refractivity contribution in [1.29, 1.82) is 0 Å². The molecule has 0 aliphatic rings. The van der Waals surface area contributed by atoms with Crippen molar-refractivity contribution in [3.05, 3.63) is 45.9 Å². The van der Waals surface area contributed by atoms with Crippen LogP contribution in [0.3, 0.4) is 0 Å². The molecule has 0 radical (unpaired) electrons. The summed E-state index contributed by atoms with van der Waals surface area (Å²) in [5.74, 6) is 1.33. The molecule has 0 saturated heterocycles. The summed E-state index contributed by atoms with van der Waals surface area (Å²) in [6, 6.07) is 7.89. The maximum atomic E-state index is 6.23. The highest BCUT2D eigenvalue weighted by atomic mass is 32.1. The van der Waals surface area contributed by atoms with E-state index in [0.717, 1.165) is 28.4 Å². The number of methoxy groups -OCH3 is 1. The second-order valence-corrected chi connectivity index (χ2v) is 5.85. The first-order chi connectivity index (χ1) is 9.10. The van der Waals surface area contributed by atoms with Crippen molar-refractivity contribution in [2.24, 2.45) is 5.73 Å². The summed E-state index contributed by atoms with van der Waals surface area (Å²) in [6.07, 6.45) is 0.781. The molecule has 102 valence electrons. The molecule has 2 N–H and O–H groups in total. The fourth-order valence-electron chi connectivity index (χ4n) is 1.84. The van der Waals surface area contributed by atoms with Gasteiger partial charge in [0.25, 0.3) is 0 Å². The Labute approximate surface area is 118 Å². The van der Waals surface area contributed by atoms with Gasteiger partial charge in [0, 0.05) is 17.8 Å². The number of hydrogen-bond acceptors (Lipinski definition) is 4. The molecule has 0 amide bonds. The van der Waals surface area contributed by atoms with Gasteiger partial charge in [-0.05, 0) is 23.6 Å². The van der Waals surface area contributed by atoms with Crippen LogP contribution in [-0.4, -0.2) is 12.1 Å². The fraction of sp³-hybridized carbons (Fsp3) is 0.400. The standard InChI is InChI=1S/C15H20N2OS/c1-10(2)14-9-19-15(17-14)8-13(16)11-4-6-12(18-3)7-5-11/h4-7,9-10,13H,8,16H2,1-3H3. The van der Waals surface area contributed by atoms with Gasteiger partial charge in [-0.3, -0.25) is 0 Å². The largest absolute Gasteiger partial charge is 0.497 e. The molecule has 2 rings (SSSR count). The first-order valence-corrected chi connectivity index (χ1v) is 7.32. The van der Waals surface area contributed by atoms with Gasteiger partial charge in [-0.1, -0.05) is 26.0 Å². The van der Waals surface area contributed by atoms with E-state index >= 15 is 0 Å². The minimum Gasteiger partial charge on any atom is -0.497 e. The SMILES string of the molecule is COc1ccc(C(N)Cc2nc(C(C)C)cs2)cc1. The Hall–Kier alpha value is -1.39. The number of rotatable bonds is 5. The van der Waals surface area contributed by atoms with Gasteiger partial charge in [0.1, 0.15) is 5.75 Å². The second-order valence-electron chi connectivity index (χ2n) is 4.90. The van der Waals surface area contributed by atoms with Crippen LogP contribution < -0.4 is 10.5 Å². The Bertz CT molecular complexity index is 519. The zero-order valence-corrected chi connectivity index (χ0v) is 12.4. The number of aromatic nitrogens is 1. The van der Waals surface area contributed by atoms with Crippen LogP contribution in [0.5, 0.6) is 5.75 Å². The van der Waals surface area contributed by atoms with Crippen molar-refractivity contribution >= 4 is 11.3 Å². The molecule has 3 nitrogen and oxygen atoms in total. The van der Waals surface area contributed by atoms with Crippen LogP contribution in [0.2, 0.25) is 0 Å². The van der Waals surface area contributed by atoms with E-state index in [1.165, 1.54) is 0 Å². The topological polar surface area (TPSA) is 48.1 Å². The van der Waals surface area contributed by atoms with Crippen molar-refractivity contribution in [2.75, 3.05) is 7.11 Å². The second kappa shape index (κ2) is 6.17. The minimum atomic E-state index is -0.0166. The van der Waals surface area contributed by atoms with Gasteiger partial charge in [0.05, 0.1) is 17.8 Å². The predicted molar refractivity (Wildman–Crippen MR) is 79.8 cm³/mol. The lowest BCUT2D eigenvalue weighted by Crippen LogP contribution is -2.13. The smallest absolute Gasteiger partial charge is 0.118 e. The van der Waals surface area contributed by atoms with Crippen LogP contribution in [0.4, 0.5) is 0 Å². The summed E-state index contributed by atoms with van der Waals surface area (Å²) in [5, 5.41) is 3.23. The molecule has 4 heteroatoms. The summed E-state index contributed by atoms with van der Waals surface area (Å²) in [5.41, 5.74) is 8.50. The zero-order chi connectivity index (χ0) is 13.8. The van der Waals surface area contributed by atoms with Gasteiger partial charge in [0.15, 0.2) is 0 Å². The monoisotopic (exact) mass is 276 g/mol. The van der Waals surface area contributed by atoms with E-state index in [1.54, 1.807) is 18.4 Å².